The molecular weight excluding hydrogens is 368 g/mol. The fourth-order valence-electron chi connectivity index (χ4n) is 2.72. The van der Waals surface area contributed by atoms with E-state index >= 15 is 0 Å². The molecule has 0 aliphatic carbocycles. The first kappa shape index (κ1) is 17.8. The molecule has 0 aliphatic heterocycles. The smallest absolute Gasteiger partial charge is 0.198 e. The van der Waals surface area contributed by atoms with Gasteiger partial charge >= 0.3 is 0 Å². The van der Waals surface area contributed by atoms with E-state index in [1.165, 1.54) is 6.33 Å². The molecule has 0 fully saturated rings. The average Bonchev–Trinajstić information content (AvgIpc) is 3.09. The Labute approximate surface area is 158 Å². The maximum atomic E-state index is 14.1. The van der Waals surface area contributed by atoms with Gasteiger partial charge in [0.2, 0.25) is 0 Å². The van der Waals surface area contributed by atoms with Crippen LogP contribution < -0.4 is 10.1 Å². The van der Waals surface area contributed by atoms with Gasteiger partial charge in [0.25, 0.3) is 0 Å². The molecule has 2 aromatic heterocycles. The molecule has 0 atom stereocenters. The second-order valence-corrected chi connectivity index (χ2v) is 6.05. The standard InChI is InChI=1S/C19H15F2N5O2/c1-26-5-4-17(25-26)24-19-13-8-12(2-3-16(13)22-10-23-19)28-18-14(20)6-11(9-27)7-15(18)21/h2-8,10,27H,9H2,1H3,(H,22,23,24,25). The molecule has 142 valence electrons. The summed E-state index contributed by atoms with van der Waals surface area (Å²) in [5, 5.41) is 17.0. The van der Waals surface area contributed by atoms with E-state index < -0.39 is 24.0 Å². The summed E-state index contributed by atoms with van der Waals surface area (Å²) in [6.07, 6.45) is 3.18. The van der Waals surface area contributed by atoms with Crippen LogP contribution in [0.15, 0.2) is 48.9 Å². The number of nitrogens with one attached hydrogen (secondary N) is 1. The number of hydrogen-bond acceptors (Lipinski definition) is 6. The van der Waals surface area contributed by atoms with Crippen molar-refractivity contribution in [3.8, 4) is 11.5 Å². The number of anilines is 2. The molecule has 0 saturated heterocycles. The molecule has 7 nitrogen and oxygen atoms in total. The van der Waals surface area contributed by atoms with Crippen LogP contribution in [0.25, 0.3) is 10.9 Å². The van der Waals surface area contributed by atoms with Gasteiger partial charge < -0.3 is 15.2 Å². The van der Waals surface area contributed by atoms with E-state index in [4.69, 9.17) is 9.84 Å². The predicted molar refractivity (Wildman–Crippen MR) is 98.4 cm³/mol. The van der Waals surface area contributed by atoms with E-state index in [0.29, 0.717) is 22.5 Å². The van der Waals surface area contributed by atoms with Crippen LogP contribution in [0, 0.1) is 11.6 Å². The third-order valence-corrected chi connectivity index (χ3v) is 4.03. The maximum Gasteiger partial charge on any atom is 0.198 e. The molecule has 0 aliphatic rings. The number of rotatable bonds is 5. The summed E-state index contributed by atoms with van der Waals surface area (Å²) in [4.78, 5) is 8.40. The number of aromatic nitrogens is 4. The monoisotopic (exact) mass is 383 g/mol. The van der Waals surface area contributed by atoms with Crippen LogP contribution >= 0.6 is 0 Å². The molecule has 0 unspecified atom stereocenters. The average molecular weight is 383 g/mol. The molecule has 0 radical (unpaired) electrons. The second kappa shape index (κ2) is 7.20. The molecule has 2 aromatic carbocycles. The Balaban J connectivity index is 1.70. The van der Waals surface area contributed by atoms with E-state index in [0.717, 1.165) is 12.1 Å². The lowest BCUT2D eigenvalue weighted by atomic mass is 10.2. The number of aryl methyl sites for hydroxylation is 1. The Morgan fingerprint density at radius 2 is 1.89 bits per heavy atom. The molecule has 4 rings (SSSR count). The zero-order valence-corrected chi connectivity index (χ0v) is 14.7. The number of halogens is 2. The number of fused-ring (bicyclic) bond motifs is 1. The minimum Gasteiger partial charge on any atom is -0.451 e. The van der Waals surface area contributed by atoms with Gasteiger partial charge in [0, 0.05) is 24.7 Å². The Bertz CT molecular complexity index is 1140. The molecule has 0 spiro atoms. The fourth-order valence-corrected chi connectivity index (χ4v) is 2.72. The fraction of sp³-hybridized carbons (Fsp3) is 0.105. The number of benzene rings is 2. The molecular formula is C19H15F2N5O2. The quantitative estimate of drug-likeness (QED) is 0.547. The van der Waals surface area contributed by atoms with Crippen molar-refractivity contribution in [2.75, 3.05) is 5.32 Å². The zero-order chi connectivity index (χ0) is 19.7. The normalized spacial score (nSPS) is 11.0. The largest absolute Gasteiger partial charge is 0.451 e. The first-order valence-electron chi connectivity index (χ1n) is 8.31. The third kappa shape index (κ3) is 3.47. The number of hydrogen-bond donors (Lipinski definition) is 2. The van der Waals surface area contributed by atoms with Gasteiger partial charge in [0.15, 0.2) is 23.2 Å². The van der Waals surface area contributed by atoms with Crippen molar-refractivity contribution < 1.29 is 18.6 Å². The second-order valence-electron chi connectivity index (χ2n) is 6.05. The minimum atomic E-state index is -0.903. The molecule has 2 heterocycles. The van der Waals surface area contributed by atoms with Crippen molar-refractivity contribution in [1.29, 1.82) is 0 Å². The lowest BCUT2D eigenvalue weighted by Crippen LogP contribution is -1.99. The Hall–Kier alpha value is -3.59. The Morgan fingerprint density at radius 1 is 1.11 bits per heavy atom. The van der Waals surface area contributed by atoms with Crippen molar-refractivity contribution in [3.05, 3.63) is 66.1 Å². The van der Waals surface area contributed by atoms with Crippen LogP contribution in [-0.4, -0.2) is 24.9 Å². The van der Waals surface area contributed by atoms with E-state index in [9.17, 15) is 8.78 Å². The van der Waals surface area contributed by atoms with Crippen LogP contribution in [-0.2, 0) is 13.7 Å². The van der Waals surface area contributed by atoms with Crippen molar-refractivity contribution in [2.45, 2.75) is 6.61 Å². The number of nitrogens with zero attached hydrogens (tertiary/aromatic N) is 4. The Morgan fingerprint density at radius 3 is 2.57 bits per heavy atom. The molecule has 0 amide bonds. The highest BCUT2D eigenvalue weighted by molar-refractivity contribution is 5.91. The summed E-state index contributed by atoms with van der Waals surface area (Å²) in [6, 6.07) is 8.63. The van der Waals surface area contributed by atoms with Crippen molar-refractivity contribution in [2.24, 2.45) is 7.05 Å². The van der Waals surface area contributed by atoms with Gasteiger partial charge in [-0.25, -0.2) is 18.7 Å². The highest BCUT2D eigenvalue weighted by Crippen LogP contribution is 2.32. The zero-order valence-electron chi connectivity index (χ0n) is 14.7. The van der Waals surface area contributed by atoms with E-state index in [1.807, 2.05) is 0 Å². The highest BCUT2D eigenvalue weighted by Gasteiger charge is 2.15. The number of ether oxygens (including phenoxy) is 1. The van der Waals surface area contributed by atoms with E-state index in [-0.39, 0.29) is 11.3 Å². The molecule has 9 heteroatoms. The minimum absolute atomic E-state index is 0.121. The van der Waals surface area contributed by atoms with Gasteiger partial charge in [0.05, 0.1) is 12.1 Å². The van der Waals surface area contributed by atoms with Gasteiger partial charge in [-0.05, 0) is 35.9 Å². The molecule has 2 N–H and O–H groups in total. The molecule has 28 heavy (non-hydrogen) atoms. The van der Waals surface area contributed by atoms with Gasteiger partial charge in [-0.1, -0.05) is 0 Å². The van der Waals surface area contributed by atoms with E-state index in [2.05, 4.69) is 20.4 Å². The topological polar surface area (TPSA) is 85.1 Å². The highest BCUT2D eigenvalue weighted by atomic mass is 19.1. The SMILES string of the molecule is Cn1ccc(Nc2ncnc3ccc(Oc4c(F)cc(CO)cc4F)cc23)n1. The summed E-state index contributed by atoms with van der Waals surface area (Å²) in [6.45, 7) is -0.468. The van der Waals surface area contributed by atoms with Gasteiger partial charge in [-0.2, -0.15) is 5.10 Å². The summed E-state index contributed by atoms with van der Waals surface area (Å²) in [5.41, 5.74) is 0.744. The van der Waals surface area contributed by atoms with Crippen LogP contribution in [0.2, 0.25) is 0 Å². The third-order valence-electron chi connectivity index (χ3n) is 4.03. The van der Waals surface area contributed by atoms with Crippen molar-refractivity contribution in [3.63, 3.8) is 0 Å². The summed E-state index contributed by atoms with van der Waals surface area (Å²) in [7, 11) is 1.79. The van der Waals surface area contributed by atoms with Gasteiger partial charge in [-0.15, -0.1) is 0 Å². The number of aliphatic hydroxyl groups is 1. The molecule has 0 saturated carbocycles. The van der Waals surface area contributed by atoms with Crippen LogP contribution in [0.4, 0.5) is 20.4 Å². The maximum absolute atomic E-state index is 14.1. The first-order valence-corrected chi connectivity index (χ1v) is 8.31. The van der Waals surface area contributed by atoms with Crippen LogP contribution in [0.1, 0.15) is 5.56 Å². The van der Waals surface area contributed by atoms with Crippen molar-refractivity contribution >= 4 is 22.5 Å². The van der Waals surface area contributed by atoms with Crippen LogP contribution in [0.3, 0.4) is 0 Å². The van der Waals surface area contributed by atoms with Gasteiger partial charge in [0.1, 0.15) is 17.9 Å². The van der Waals surface area contributed by atoms with Gasteiger partial charge in [-0.3, -0.25) is 4.68 Å². The summed E-state index contributed by atoms with van der Waals surface area (Å²) < 4.78 is 35.3. The molecule has 4 aromatic rings. The summed E-state index contributed by atoms with van der Waals surface area (Å²) in [5.74, 6) is -1.08. The lowest BCUT2D eigenvalue weighted by Gasteiger charge is -2.11. The number of aliphatic hydroxyl groups excluding tert-OH is 1. The Kier molecular flexibility index (Phi) is 4.58. The predicted octanol–water partition coefficient (Wildman–Crippen LogP) is 3.67. The summed E-state index contributed by atoms with van der Waals surface area (Å²) >= 11 is 0. The van der Waals surface area contributed by atoms with Crippen LogP contribution in [0.5, 0.6) is 11.5 Å². The lowest BCUT2D eigenvalue weighted by molar-refractivity contribution is 0.279. The first-order chi connectivity index (χ1) is 13.5. The van der Waals surface area contributed by atoms with E-state index in [1.54, 1.807) is 42.2 Å². The molecule has 0 bridgehead atoms. The van der Waals surface area contributed by atoms with Crippen molar-refractivity contribution in [1.82, 2.24) is 19.7 Å².